The SMILES string of the molecule is CC(C)[C@H]1CC2(CCN(C3CCN(C(C)C)CC3)CC2)CO[C@@H]1c1cccc(Cl)c1. The Hall–Kier alpha value is -0.610. The van der Waals surface area contributed by atoms with E-state index >= 15 is 0 Å². The Morgan fingerprint density at radius 3 is 2.33 bits per heavy atom. The molecule has 3 aliphatic rings. The summed E-state index contributed by atoms with van der Waals surface area (Å²) in [6.07, 6.45) is 6.75. The van der Waals surface area contributed by atoms with Crippen LogP contribution in [0.3, 0.4) is 0 Å². The Morgan fingerprint density at radius 1 is 1.03 bits per heavy atom. The third kappa shape index (κ3) is 4.90. The summed E-state index contributed by atoms with van der Waals surface area (Å²) in [7, 11) is 0. The normalized spacial score (nSPS) is 29.2. The third-order valence-electron chi connectivity index (χ3n) is 8.26. The van der Waals surface area contributed by atoms with Crippen molar-refractivity contribution in [1.29, 1.82) is 0 Å². The quantitative estimate of drug-likeness (QED) is 0.577. The van der Waals surface area contributed by atoms with Gasteiger partial charge >= 0.3 is 0 Å². The van der Waals surface area contributed by atoms with Gasteiger partial charge in [-0.3, -0.25) is 0 Å². The van der Waals surface area contributed by atoms with Gasteiger partial charge in [0.15, 0.2) is 0 Å². The summed E-state index contributed by atoms with van der Waals surface area (Å²) in [6.45, 7) is 15.3. The molecule has 0 saturated carbocycles. The highest BCUT2D eigenvalue weighted by Crippen LogP contribution is 2.50. The van der Waals surface area contributed by atoms with Gasteiger partial charge in [0.25, 0.3) is 0 Å². The molecule has 0 aliphatic carbocycles. The van der Waals surface area contributed by atoms with Crippen LogP contribution in [0.1, 0.15) is 71.5 Å². The second-order valence-corrected chi connectivity index (χ2v) is 11.2. The number of hydrogen-bond acceptors (Lipinski definition) is 3. The van der Waals surface area contributed by atoms with E-state index in [9.17, 15) is 0 Å². The molecule has 4 heteroatoms. The highest BCUT2D eigenvalue weighted by Gasteiger charge is 2.45. The van der Waals surface area contributed by atoms with E-state index in [4.69, 9.17) is 16.3 Å². The Morgan fingerprint density at radius 2 is 1.73 bits per heavy atom. The molecule has 168 valence electrons. The predicted molar refractivity (Wildman–Crippen MR) is 126 cm³/mol. The molecule has 3 nitrogen and oxygen atoms in total. The lowest BCUT2D eigenvalue weighted by Crippen LogP contribution is -2.53. The Kier molecular flexibility index (Phi) is 7.14. The van der Waals surface area contributed by atoms with E-state index in [0.29, 0.717) is 23.3 Å². The number of nitrogens with zero attached hydrogens (tertiary/aromatic N) is 2. The first-order chi connectivity index (χ1) is 14.4. The zero-order valence-electron chi connectivity index (χ0n) is 19.4. The molecule has 0 N–H and O–H groups in total. The summed E-state index contributed by atoms with van der Waals surface area (Å²) < 4.78 is 6.62. The highest BCUT2D eigenvalue weighted by molar-refractivity contribution is 6.30. The van der Waals surface area contributed by atoms with Gasteiger partial charge in [-0.1, -0.05) is 37.6 Å². The van der Waals surface area contributed by atoms with Gasteiger partial charge < -0.3 is 14.5 Å². The minimum atomic E-state index is 0.188. The van der Waals surface area contributed by atoms with Gasteiger partial charge in [0.05, 0.1) is 12.7 Å². The van der Waals surface area contributed by atoms with Crippen LogP contribution in [0.4, 0.5) is 0 Å². The zero-order chi connectivity index (χ0) is 21.3. The molecular weight excluding hydrogens is 392 g/mol. The maximum Gasteiger partial charge on any atom is 0.0856 e. The zero-order valence-corrected chi connectivity index (χ0v) is 20.2. The van der Waals surface area contributed by atoms with Crippen molar-refractivity contribution in [2.45, 2.75) is 78.0 Å². The summed E-state index contributed by atoms with van der Waals surface area (Å²) in [5.41, 5.74) is 1.63. The fourth-order valence-electron chi connectivity index (χ4n) is 6.15. The average Bonchev–Trinajstić information content (AvgIpc) is 2.74. The average molecular weight is 433 g/mol. The van der Waals surface area contributed by atoms with Crippen LogP contribution in [0.15, 0.2) is 24.3 Å². The number of piperidine rings is 2. The minimum absolute atomic E-state index is 0.188. The van der Waals surface area contributed by atoms with Gasteiger partial charge in [-0.05, 0) is 107 Å². The molecule has 4 rings (SSSR count). The lowest BCUT2D eigenvalue weighted by molar-refractivity contribution is -0.134. The van der Waals surface area contributed by atoms with Crippen molar-refractivity contribution in [3.05, 3.63) is 34.9 Å². The topological polar surface area (TPSA) is 15.7 Å². The van der Waals surface area contributed by atoms with Gasteiger partial charge in [-0.15, -0.1) is 0 Å². The second-order valence-electron chi connectivity index (χ2n) is 10.8. The molecule has 0 unspecified atom stereocenters. The van der Waals surface area contributed by atoms with Crippen LogP contribution < -0.4 is 0 Å². The van der Waals surface area contributed by atoms with E-state index in [1.54, 1.807) is 0 Å². The molecular formula is C26H41ClN2O. The van der Waals surface area contributed by atoms with E-state index in [-0.39, 0.29) is 6.10 Å². The molecule has 3 aliphatic heterocycles. The molecule has 1 spiro atoms. The summed E-state index contributed by atoms with van der Waals surface area (Å²) >= 11 is 6.29. The molecule has 0 bridgehead atoms. The van der Waals surface area contributed by atoms with Crippen LogP contribution in [0, 0.1) is 17.3 Å². The number of ether oxygens (including phenoxy) is 1. The molecule has 30 heavy (non-hydrogen) atoms. The third-order valence-corrected chi connectivity index (χ3v) is 8.50. The largest absolute Gasteiger partial charge is 0.373 e. The van der Waals surface area contributed by atoms with Crippen molar-refractivity contribution < 1.29 is 4.74 Å². The standard InChI is InChI=1S/C26H41ClN2O/c1-19(2)24-17-26(18-30-25(24)21-6-5-7-22(27)16-21)10-14-29(15-11-26)23-8-12-28(13-9-23)20(3)4/h5-7,16,19-20,23-25H,8-15,17-18H2,1-4H3/t24-,25-/m1/s1. The first-order valence-electron chi connectivity index (χ1n) is 12.2. The van der Waals surface area contributed by atoms with Crippen molar-refractivity contribution in [3.8, 4) is 0 Å². The molecule has 3 fully saturated rings. The number of hydrogen-bond donors (Lipinski definition) is 0. The van der Waals surface area contributed by atoms with E-state index in [1.807, 2.05) is 6.07 Å². The van der Waals surface area contributed by atoms with Gasteiger partial charge in [0.1, 0.15) is 0 Å². The first-order valence-corrected chi connectivity index (χ1v) is 12.6. The van der Waals surface area contributed by atoms with E-state index in [2.05, 4.69) is 55.7 Å². The second kappa shape index (κ2) is 9.48. The maximum absolute atomic E-state index is 6.62. The summed E-state index contributed by atoms with van der Waals surface area (Å²) in [4.78, 5) is 5.44. The molecule has 3 saturated heterocycles. The Bertz CT molecular complexity index is 690. The molecule has 0 radical (unpaired) electrons. The number of likely N-dealkylation sites (tertiary alicyclic amines) is 2. The van der Waals surface area contributed by atoms with Gasteiger partial charge in [-0.25, -0.2) is 0 Å². The summed E-state index contributed by atoms with van der Waals surface area (Å²) in [5.74, 6) is 1.18. The molecule has 1 aromatic rings. The van der Waals surface area contributed by atoms with Crippen molar-refractivity contribution in [2.75, 3.05) is 32.8 Å². The Labute approximate surface area is 189 Å². The molecule has 1 aromatic carbocycles. The fraction of sp³-hybridized carbons (Fsp3) is 0.769. The lowest BCUT2D eigenvalue weighted by atomic mass is 9.66. The van der Waals surface area contributed by atoms with Gasteiger partial charge in [0.2, 0.25) is 0 Å². The Balaban J connectivity index is 1.36. The van der Waals surface area contributed by atoms with Crippen LogP contribution in [0.2, 0.25) is 5.02 Å². The molecule has 0 aromatic heterocycles. The molecule has 3 heterocycles. The smallest absolute Gasteiger partial charge is 0.0856 e. The van der Waals surface area contributed by atoms with E-state index in [1.165, 1.54) is 63.8 Å². The van der Waals surface area contributed by atoms with Crippen LogP contribution in [0.5, 0.6) is 0 Å². The molecule has 2 atom stereocenters. The monoisotopic (exact) mass is 432 g/mol. The van der Waals surface area contributed by atoms with Crippen molar-refractivity contribution in [1.82, 2.24) is 9.80 Å². The van der Waals surface area contributed by atoms with Crippen LogP contribution in [-0.4, -0.2) is 54.7 Å². The summed E-state index contributed by atoms with van der Waals surface area (Å²) in [5, 5.41) is 0.815. The van der Waals surface area contributed by atoms with Gasteiger partial charge in [0, 0.05) is 17.1 Å². The van der Waals surface area contributed by atoms with Crippen molar-refractivity contribution in [3.63, 3.8) is 0 Å². The van der Waals surface area contributed by atoms with Crippen LogP contribution in [0.25, 0.3) is 0 Å². The number of benzene rings is 1. The predicted octanol–water partition coefficient (Wildman–Crippen LogP) is 6.03. The first kappa shape index (κ1) is 22.6. The fourth-order valence-corrected chi connectivity index (χ4v) is 6.35. The van der Waals surface area contributed by atoms with Crippen molar-refractivity contribution in [2.24, 2.45) is 17.3 Å². The number of halogens is 1. The molecule has 0 amide bonds. The summed E-state index contributed by atoms with van der Waals surface area (Å²) in [6, 6.07) is 9.80. The van der Waals surface area contributed by atoms with Gasteiger partial charge in [-0.2, -0.15) is 0 Å². The lowest BCUT2D eigenvalue weighted by Gasteiger charge is -2.51. The van der Waals surface area contributed by atoms with Crippen LogP contribution >= 0.6 is 11.6 Å². The van der Waals surface area contributed by atoms with Crippen molar-refractivity contribution >= 4 is 11.6 Å². The van der Waals surface area contributed by atoms with Crippen LogP contribution in [-0.2, 0) is 4.74 Å². The highest BCUT2D eigenvalue weighted by atomic mass is 35.5. The maximum atomic E-state index is 6.62. The van der Waals surface area contributed by atoms with E-state index < -0.39 is 0 Å². The number of rotatable bonds is 4. The minimum Gasteiger partial charge on any atom is -0.373 e. The van der Waals surface area contributed by atoms with E-state index in [0.717, 1.165) is 17.7 Å².